The van der Waals surface area contributed by atoms with Gasteiger partial charge in [-0.1, -0.05) is 35.5 Å². The van der Waals surface area contributed by atoms with Gasteiger partial charge in [0.25, 0.3) is 5.91 Å². The Kier molecular flexibility index (Phi) is 8.49. The quantitative estimate of drug-likeness (QED) is 0.406. The monoisotopic (exact) mass is 537 g/mol. The number of nitrogens with zero attached hydrogens (tertiary/aromatic N) is 5. The number of amides is 2. The molecule has 1 saturated heterocycles. The van der Waals surface area contributed by atoms with E-state index in [1.165, 1.54) is 24.5 Å². The van der Waals surface area contributed by atoms with E-state index in [1.807, 2.05) is 30.3 Å². The van der Waals surface area contributed by atoms with Crippen LogP contribution in [0.1, 0.15) is 61.6 Å². The molecule has 1 aliphatic heterocycles. The fraction of sp³-hybridized carbons (Fsp3) is 0.423. The van der Waals surface area contributed by atoms with E-state index in [1.54, 1.807) is 20.8 Å². The zero-order valence-corrected chi connectivity index (χ0v) is 22.2. The molecule has 1 aromatic carbocycles. The average molecular weight is 538 g/mol. The molecule has 0 unspecified atom stereocenters. The van der Waals surface area contributed by atoms with E-state index in [9.17, 15) is 14.4 Å². The topological polar surface area (TPSA) is 162 Å². The summed E-state index contributed by atoms with van der Waals surface area (Å²) in [4.78, 5) is 50.6. The minimum absolute atomic E-state index is 0.0123. The number of benzene rings is 1. The largest absolute Gasteiger partial charge is 0.468 e. The van der Waals surface area contributed by atoms with Crippen LogP contribution in [0, 0.1) is 0 Å². The summed E-state index contributed by atoms with van der Waals surface area (Å²) in [5.41, 5.74) is 2.95. The molecule has 3 heterocycles. The molecule has 0 bridgehead atoms. The van der Waals surface area contributed by atoms with Crippen LogP contribution in [0.5, 0.6) is 0 Å². The summed E-state index contributed by atoms with van der Waals surface area (Å²) < 4.78 is 15.8. The smallest absolute Gasteiger partial charge is 0.408 e. The van der Waals surface area contributed by atoms with Crippen molar-refractivity contribution in [3.8, 4) is 11.5 Å². The normalized spacial score (nSPS) is 16.4. The Morgan fingerprint density at radius 3 is 2.62 bits per heavy atom. The van der Waals surface area contributed by atoms with Crippen molar-refractivity contribution in [3.63, 3.8) is 0 Å². The second kappa shape index (κ2) is 12.0. The molecule has 0 aliphatic carbocycles. The standard InChI is InChI=1S/C26H31N7O6/c1-26(2,3)38-25(36)29-17(15-16-9-6-5-7-10-16)23-30-21(32-39-23)19-20(28-13-12-27-19)22(34)31-33-14-8-11-18(33)24(35)37-4/h5-7,9-10,12-13,17-18H,8,11,14-15H2,1-4H3,(H,29,36)(H,31,34)/t17-,18-/m0/s1. The number of nitrogens with one attached hydrogen (secondary N) is 2. The molecule has 13 nitrogen and oxygen atoms in total. The summed E-state index contributed by atoms with van der Waals surface area (Å²) in [5, 5.41) is 8.32. The van der Waals surface area contributed by atoms with E-state index >= 15 is 0 Å². The van der Waals surface area contributed by atoms with Crippen molar-refractivity contribution < 1.29 is 28.4 Å². The van der Waals surface area contributed by atoms with Gasteiger partial charge in [-0.3, -0.25) is 15.0 Å². The molecule has 0 saturated carbocycles. The first-order valence-corrected chi connectivity index (χ1v) is 12.5. The Bertz CT molecular complexity index is 1310. The lowest BCUT2D eigenvalue weighted by molar-refractivity contribution is -0.146. The highest BCUT2D eigenvalue weighted by molar-refractivity contribution is 5.97. The van der Waals surface area contributed by atoms with Crippen molar-refractivity contribution in [2.75, 3.05) is 13.7 Å². The molecule has 2 aromatic heterocycles. The van der Waals surface area contributed by atoms with E-state index in [0.717, 1.165) is 12.0 Å². The molecule has 206 valence electrons. The molecule has 39 heavy (non-hydrogen) atoms. The third-order valence-electron chi connectivity index (χ3n) is 5.81. The number of carbonyl (C=O) groups excluding carboxylic acids is 3. The number of hydrogen-bond acceptors (Lipinski definition) is 11. The van der Waals surface area contributed by atoms with Crippen molar-refractivity contribution in [1.82, 2.24) is 35.9 Å². The van der Waals surface area contributed by atoms with Gasteiger partial charge >= 0.3 is 12.1 Å². The number of esters is 1. The fourth-order valence-corrected chi connectivity index (χ4v) is 4.11. The van der Waals surface area contributed by atoms with Crippen LogP contribution in [0.4, 0.5) is 4.79 Å². The lowest BCUT2D eigenvalue weighted by atomic mass is 10.1. The summed E-state index contributed by atoms with van der Waals surface area (Å²) in [6.07, 6.45) is 3.74. The molecule has 2 atom stereocenters. The summed E-state index contributed by atoms with van der Waals surface area (Å²) in [5.74, 6) is -0.912. The first-order chi connectivity index (χ1) is 18.6. The number of alkyl carbamates (subject to hydrolysis) is 1. The van der Waals surface area contributed by atoms with Gasteiger partial charge in [0.2, 0.25) is 11.7 Å². The highest BCUT2D eigenvalue weighted by atomic mass is 16.6. The maximum atomic E-state index is 13.1. The molecule has 2 N–H and O–H groups in total. The maximum absolute atomic E-state index is 13.1. The SMILES string of the molecule is COC(=O)[C@@H]1CCCN1NC(=O)c1nccnc1-c1noc([C@H](Cc2ccccc2)NC(=O)OC(C)(C)C)n1. The van der Waals surface area contributed by atoms with Crippen molar-refractivity contribution in [3.05, 3.63) is 59.9 Å². The van der Waals surface area contributed by atoms with Crippen LogP contribution < -0.4 is 10.7 Å². The lowest BCUT2D eigenvalue weighted by Crippen LogP contribution is -2.48. The zero-order chi connectivity index (χ0) is 28.0. The Morgan fingerprint density at radius 2 is 1.90 bits per heavy atom. The molecular formula is C26H31N7O6. The molecule has 1 fully saturated rings. The van der Waals surface area contributed by atoms with Gasteiger partial charge in [-0.15, -0.1) is 0 Å². The number of aromatic nitrogens is 4. The Balaban J connectivity index is 1.57. The van der Waals surface area contributed by atoms with Gasteiger partial charge in [0.1, 0.15) is 23.4 Å². The Hall–Kier alpha value is -4.39. The van der Waals surface area contributed by atoms with Crippen molar-refractivity contribution in [2.24, 2.45) is 0 Å². The summed E-state index contributed by atoms with van der Waals surface area (Å²) in [6, 6.07) is 8.17. The van der Waals surface area contributed by atoms with Crippen LogP contribution in [0.25, 0.3) is 11.5 Å². The summed E-state index contributed by atoms with van der Waals surface area (Å²) >= 11 is 0. The van der Waals surface area contributed by atoms with Crippen molar-refractivity contribution >= 4 is 18.0 Å². The van der Waals surface area contributed by atoms with Gasteiger partial charge in [-0.05, 0) is 39.2 Å². The number of hydrazine groups is 1. The first kappa shape index (κ1) is 27.6. The van der Waals surface area contributed by atoms with Gasteiger partial charge in [0.05, 0.1) is 7.11 Å². The average Bonchev–Trinajstić information content (AvgIpc) is 3.57. The van der Waals surface area contributed by atoms with Crippen LogP contribution in [-0.4, -0.2) is 68.4 Å². The van der Waals surface area contributed by atoms with E-state index in [4.69, 9.17) is 14.0 Å². The van der Waals surface area contributed by atoms with E-state index < -0.39 is 35.7 Å². The molecule has 0 spiro atoms. The number of methoxy groups -OCH3 is 1. The van der Waals surface area contributed by atoms with Crippen LogP contribution in [0.3, 0.4) is 0 Å². The van der Waals surface area contributed by atoms with Crippen molar-refractivity contribution in [2.45, 2.75) is 57.7 Å². The van der Waals surface area contributed by atoms with Crippen LogP contribution in [0.15, 0.2) is 47.2 Å². The summed E-state index contributed by atoms with van der Waals surface area (Å²) in [7, 11) is 1.30. The Morgan fingerprint density at radius 1 is 1.15 bits per heavy atom. The molecular weight excluding hydrogens is 506 g/mol. The van der Waals surface area contributed by atoms with Gasteiger partial charge < -0.3 is 19.3 Å². The highest BCUT2D eigenvalue weighted by Gasteiger charge is 2.34. The van der Waals surface area contributed by atoms with Gasteiger partial charge in [-0.25, -0.2) is 19.8 Å². The van der Waals surface area contributed by atoms with Gasteiger partial charge in [0.15, 0.2) is 5.69 Å². The predicted octanol–water partition coefficient (Wildman–Crippen LogP) is 2.62. The van der Waals surface area contributed by atoms with Gasteiger partial charge in [-0.2, -0.15) is 4.98 Å². The van der Waals surface area contributed by atoms with E-state index in [-0.39, 0.29) is 23.1 Å². The zero-order valence-electron chi connectivity index (χ0n) is 22.2. The fourth-order valence-electron chi connectivity index (χ4n) is 4.11. The molecule has 1 aliphatic rings. The number of ether oxygens (including phenoxy) is 2. The van der Waals surface area contributed by atoms with Crippen LogP contribution >= 0.6 is 0 Å². The number of carbonyl (C=O) groups is 3. The third kappa shape index (κ3) is 7.13. The number of rotatable bonds is 8. The first-order valence-electron chi connectivity index (χ1n) is 12.5. The second-order valence-electron chi connectivity index (χ2n) is 9.91. The van der Waals surface area contributed by atoms with Crippen LogP contribution in [0.2, 0.25) is 0 Å². The molecule has 4 rings (SSSR count). The molecule has 2 amide bonds. The molecule has 13 heteroatoms. The minimum Gasteiger partial charge on any atom is -0.468 e. The number of hydrogen-bond donors (Lipinski definition) is 2. The van der Waals surface area contributed by atoms with Crippen LogP contribution in [-0.2, 0) is 20.7 Å². The van der Waals surface area contributed by atoms with Gasteiger partial charge in [0, 0.05) is 25.4 Å². The molecule has 0 radical (unpaired) electrons. The van der Waals surface area contributed by atoms with Crippen molar-refractivity contribution in [1.29, 1.82) is 0 Å². The minimum atomic E-state index is -0.720. The van der Waals surface area contributed by atoms with E-state index in [2.05, 4.69) is 30.9 Å². The lowest BCUT2D eigenvalue weighted by Gasteiger charge is -2.22. The summed E-state index contributed by atoms with van der Waals surface area (Å²) in [6.45, 7) is 5.77. The van der Waals surface area contributed by atoms with E-state index in [0.29, 0.717) is 19.4 Å². The second-order valence-corrected chi connectivity index (χ2v) is 9.91. The predicted molar refractivity (Wildman–Crippen MR) is 137 cm³/mol. The maximum Gasteiger partial charge on any atom is 0.408 e. The molecule has 3 aromatic rings. The highest BCUT2D eigenvalue weighted by Crippen LogP contribution is 2.23. The third-order valence-corrected chi connectivity index (χ3v) is 5.81. The Labute approximate surface area is 225 Å².